The predicted octanol–water partition coefficient (Wildman–Crippen LogP) is 3.30. The van der Waals surface area contributed by atoms with E-state index in [9.17, 15) is 0 Å². The normalized spacial score (nSPS) is 16.8. The molecule has 2 N–H and O–H groups in total. The van der Waals surface area contributed by atoms with E-state index in [1.54, 1.807) is 18.2 Å². The Labute approximate surface area is 116 Å². The Morgan fingerprint density at radius 2 is 2.11 bits per heavy atom. The van der Waals surface area contributed by atoms with Gasteiger partial charge in [0, 0.05) is 18.2 Å². The number of hydrogen-bond donors (Lipinski definition) is 1. The minimum atomic E-state index is 0.0231. The SMILES string of the molecule is Nc1ccc(Cl)c(OCC2Cc3ccccc3O2)c1. The standard InChI is InChI=1S/C15H14ClNO2/c16-13-6-5-11(17)8-15(13)18-9-12-7-10-3-1-2-4-14(10)19-12/h1-6,8,12H,7,9,17H2. The maximum Gasteiger partial charge on any atom is 0.140 e. The van der Waals surface area contributed by atoms with Gasteiger partial charge in [-0.3, -0.25) is 0 Å². The van der Waals surface area contributed by atoms with Gasteiger partial charge < -0.3 is 15.2 Å². The van der Waals surface area contributed by atoms with Crippen LogP contribution in [0.1, 0.15) is 5.56 Å². The van der Waals surface area contributed by atoms with E-state index in [2.05, 4.69) is 6.07 Å². The molecule has 3 nitrogen and oxygen atoms in total. The van der Waals surface area contributed by atoms with Crippen LogP contribution in [0.5, 0.6) is 11.5 Å². The molecule has 0 spiro atoms. The van der Waals surface area contributed by atoms with Crippen molar-refractivity contribution >= 4 is 17.3 Å². The van der Waals surface area contributed by atoms with Crippen LogP contribution < -0.4 is 15.2 Å². The lowest BCUT2D eigenvalue weighted by molar-refractivity contribution is 0.148. The molecule has 1 heterocycles. The predicted molar refractivity (Wildman–Crippen MR) is 75.9 cm³/mol. The topological polar surface area (TPSA) is 44.5 Å². The zero-order valence-corrected chi connectivity index (χ0v) is 11.1. The maximum atomic E-state index is 6.05. The molecular weight excluding hydrogens is 262 g/mol. The highest BCUT2D eigenvalue weighted by atomic mass is 35.5. The van der Waals surface area contributed by atoms with E-state index in [1.165, 1.54) is 5.56 Å². The maximum absolute atomic E-state index is 6.05. The second-order valence-electron chi connectivity index (χ2n) is 4.55. The third kappa shape index (κ3) is 2.61. The summed E-state index contributed by atoms with van der Waals surface area (Å²) >= 11 is 6.05. The van der Waals surface area contributed by atoms with Gasteiger partial charge in [-0.1, -0.05) is 29.8 Å². The van der Waals surface area contributed by atoms with Crippen LogP contribution in [0.4, 0.5) is 5.69 Å². The summed E-state index contributed by atoms with van der Waals surface area (Å²) in [6, 6.07) is 13.2. The molecule has 4 heteroatoms. The number of nitrogen functional groups attached to an aromatic ring is 1. The molecule has 1 unspecified atom stereocenters. The summed E-state index contributed by atoms with van der Waals surface area (Å²) < 4.78 is 11.5. The minimum absolute atomic E-state index is 0.0231. The molecule has 0 fully saturated rings. The molecular formula is C15H14ClNO2. The molecule has 1 aliphatic rings. The zero-order chi connectivity index (χ0) is 13.2. The average molecular weight is 276 g/mol. The molecule has 98 valence electrons. The van der Waals surface area contributed by atoms with E-state index >= 15 is 0 Å². The Morgan fingerprint density at radius 1 is 1.26 bits per heavy atom. The third-order valence-corrected chi connectivity index (χ3v) is 3.41. The largest absolute Gasteiger partial charge is 0.488 e. The second kappa shape index (κ2) is 5.02. The highest BCUT2D eigenvalue weighted by Crippen LogP contribution is 2.30. The van der Waals surface area contributed by atoms with Crippen molar-refractivity contribution in [2.75, 3.05) is 12.3 Å². The van der Waals surface area contributed by atoms with Crippen LogP contribution >= 0.6 is 11.6 Å². The molecule has 19 heavy (non-hydrogen) atoms. The molecule has 0 bridgehead atoms. The van der Waals surface area contributed by atoms with E-state index in [1.807, 2.05) is 18.2 Å². The molecule has 1 aliphatic heterocycles. The van der Waals surface area contributed by atoms with Crippen molar-refractivity contribution in [2.24, 2.45) is 0 Å². The van der Waals surface area contributed by atoms with Crippen molar-refractivity contribution in [1.29, 1.82) is 0 Å². The van der Waals surface area contributed by atoms with Crippen LogP contribution in [0.15, 0.2) is 42.5 Å². The monoisotopic (exact) mass is 275 g/mol. The summed E-state index contributed by atoms with van der Waals surface area (Å²) in [5.41, 5.74) is 7.56. The van der Waals surface area contributed by atoms with Gasteiger partial charge in [0.05, 0.1) is 5.02 Å². The van der Waals surface area contributed by atoms with Gasteiger partial charge in [-0.05, 0) is 23.8 Å². The van der Waals surface area contributed by atoms with Crippen molar-refractivity contribution in [3.63, 3.8) is 0 Å². The quantitative estimate of drug-likeness (QED) is 0.874. The molecule has 0 aliphatic carbocycles. The number of halogens is 1. The molecule has 2 aromatic carbocycles. The number of nitrogens with two attached hydrogens (primary N) is 1. The summed E-state index contributed by atoms with van der Waals surface area (Å²) in [5, 5.41) is 0.560. The Kier molecular flexibility index (Phi) is 3.22. The van der Waals surface area contributed by atoms with Gasteiger partial charge in [0.2, 0.25) is 0 Å². The Balaban J connectivity index is 1.64. The zero-order valence-electron chi connectivity index (χ0n) is 10.3. The van der Waals surface area contributed by atoms with Crippen LogP contribution in [-0.2, 0) is 6.42 Å². The van der Waals surface area contributed by atoms with Crippen LogP contribution in [0.3, 0.4) is 0 Å². The number of fused-ring (bicyclic) bond motifs is 1. The fourth-order valence-corrected chi connectivity index (χ4v) is 2.33. The van der Waals surface area contributed by atoms with Gasteiger partial charge in [0.15, 0.2) is 0 Å². The molecule has 0 aromatic heterocycles. The molecule has 2 aromatic rings. The summed E-state index contributed by atoms with van der Waals surface area (Å²) in [7, 11) is 0. The Morgan fingerprint density at radius 3 is 2.95 bits per heavy atom. The molecule has 0 radical (unpaired) electrons. The van der Waals surface area contributed by atoms with Crippen LogP contribution in [0.2, 0.25) is 5.02 Å². The van der Waals surface area contributed by atoms with Crippen molar-refractivity contribution in [1.82, 2.24) is 0 Å². The lowest BCUT2D eigenvalue weighted by Crippen LogP contribution is -2.22. The van der Waals surface area contributed by atoms with Gasteiger partial charge in [-0.15, -0.1) is 0 Å². The average Bonchev–Trinajstić information content (AvgIpc) is 2.82. The number of hydrogen-bond acceptors (Lipinski definition) is 3. The molecule has 1 atom stereocenters. The van der Waals surface area contributed by atoms with Gasteiger partial charge >= 0.3 is 0 Å². The first-order valence-corrected chi connectivity index (χ1v) is 6.52. The fourth-order valence-electron chi connectivity index (χ4n) is 2.16. The first-order valence-electron chi connectivity index (χ1n) is 6.15. The lowest BCUT2D eigenvalue weighted by atomic mass is 10.1. The van der Waals surface area contributed by atoms with E-state index in [0.29, 0.717) is 23.1 Å². The van der Waals surface area contributed by atoms with Crippen molar-refractivity contribution in [3.05, 3.63) is 53.1 Å². The van der Waals surface area contributed by atoms with Crippen molar-refractivity contribution in [2.45, 2.75) is 12.5 Å². The molecule has 3 rings (SSSR count). The first kappa shape index (κ1) is 12.2. The molecule has 0 amide bonds. The van der Waals surface area contributed by atoms with Gasteiger partial charge in [0.25, 0.3) is 0 Å². The van der Waals surface area contributed by atoms with Gasteiger partial charge in [-0.25, -0.2) is 0 Å². The highest BCUT2D eigenvalue weighted by molar-refractivity contribution is 6.32. The van der Waals surface area contributed by atoms with E-state index in [4.69, 9.17) is 26.8 Å². The highest BCUT2D eigenvalue weighted by Gasteiger charge is 2.23. The molecule has 0 saturated carbocycles. The number of rotatable bonds is 3. The third-order valence-electron chi connectivity index (χ3n) is 3.09. The smallest absolute Gasteiger partial charge is 0.140 e. The summed E-state index contributed by atoms with van der Waals surface area (Å²) in [4.78, 5) is 0. The van der Waals surface area contributed by atoms with Crippen molar-refractivity contribution < 1.29 is 9.47 Å². The number of para-hydroxylation sites is 1. The van der Waals surface area contributed by atoms with Gasteiger partial charge in [-0.2, -0.15) is 0 Å². The summed E-state index contributed by atoms with van der Waals surface area (Å²) in [6.45, 7) is 0.456. The van der Waals surface area contributed by atoms with Crippen LogP contribution in [0.25, 0.3) is 0 Å². The second-order valence-corrected chi connectivity index (χ2v) is 4.96. The summed E-state index contributed by atoms with van der Waals surface area (Å²) in [5.74, 6) is 1.54. The van der Waals surface area contributed by atoms with E-state index in [0.717, 1.165) is 12.2 Å². The van der Waals surface area contributed by atoms with Crippen molar-refractivity contribution in [3.8, 4) is 11.5 Å². The van der Waals surface area contributed by atoms with Crippen LogP contribution in [-0.4, -0.2) is 12.7 Å². The number of benzene rings is 2. The van der Waals surface area contributed by atoms with E-state index in [-0.39, 0.29) is 6.10 Å². The fraction of sp³-hybridized carbons (Fsp3) is 0.200. The number of ether oxygens (including phenoxy) is 2. The number of anilines is 1. The summed E-state index contributed by atoms with van der Waals surface area (Å²) in [6.07, 6.45) is 0.880. The minimum Gasteiger partial charge on any atom is -0.488 e. The first-order chi connectivity index (χ1) is 9.22. The van der Waals surface area contributed by atoms with E-state index < -0.39 is 0 Å². The molecule has 0 saturated heterocycles. The Bertz CT molecular complexity index is 575. The Hall–Kier alpha value is -1.87. The van der Waals surface area contributed by atoms with Gasteiger partial charge in [0.1, 0.15) is 24.2 Å². The van der Waals surface area contributed by atoms with Crippen LogP contribution in [0, 0.1) is 0 Å². The lowest BCUT2D eigenvalue weighted by Gasteiger charge is -2.13.